The van der Waals surface area contributed by atoms with E-state index in [1.54, 1.807) is 7.11 Å². The van der Waals surface area contributed by atoms with Gasteiger partial charge in [0, 0.05) is 12.5 Å². The fourth-order valence-corrected chi connectivity index (χ4v) is 3.49. The molecule has 27 heavy (non-hydrogen) atoms. The van der Waals surface area contributed by atoms with Gasteiger partial charge in [0.15, 0.2) is 11.5 Å². The van der Waals surface area contributed by atoms with Crippen molar-refractivity contribution in [1.29, 1.82) is 0 Å². The standard InChI is InChI=1S/C21H26N2O3.ClH/c1-25-19-7-2-3-8-20(19)26-17-11-9-15(10-12-17)14-23-21(24)18-6-4-5-16(18)13-22;/h2-3,7-12,16,18H,4-6,13-14,22H2,1H3,(H,23,24);1H/t16-,18-;/m1./s1. The summed E-state index contributed by atoms with van der Waals surface area (Å²) in [5.74, 6) is 2.59. The largest absolute Gasteiger partial charge is 0.493 e. The molecule has 0 spiro atoms. The first kappa shape index (κ1) is 21.1. The average Bonchev–Trinajstić information content (AvgIpc) is 3.16. The third kappa shape index (κ3) is 5.37. The Morgan fingerprint density at radius 1 is 1.11 bits per heavy atom. The zero-order chi connectivity index (χ0) is 18.4. The van der Waals surface area contributed by atoms with E-state index in [0.29, 0.717) is 30.5 Å². The molecule has 6 heteroatoms. The molecule has 146 valence electrons. The van der Waals surface area contributed by atoms with Gasteiger partial charge in [0.25, 0.3) is 0 Å². The minimum absolute atomic E-state index is 0. The summed E-state index contributed by atoms with van der Waals surface area (Å²) >= 11 is 0. The maximum atomic E-state index is 12.4. The Labute approximate surface area is 166 Å². The zero-order valence-electron chi connectivity index (χ0n) is 15.5. The molecule has 1 aliphatic rings. The van der Waals surface area contributed by atoms with E-state index in [9.17, 15) is 4.79 Å². The second-order valence-electron chi connectivity index (χ2n) is 6.65. The molecule has 1 fully saturated rings. The summed E-state index contributed by atoms with van der Waals surface area (Å²) in [6.45, 7) is 1.11. The smallest absolute Gasteiger partial charge is 0.223 e. The Kier molecular flexibility index (Phi) is 7.95. The molecule has 1 aliphatic carbocycles. The van der Waals surface area contributed by atoms with Gasteiger partial charge in [-0.05, 0) is 55.1 Å². The Morgan fingerprint density at radius 2 is 1.81 bits per heavy atom. The molecule has 0 bridgehead atoms. The fourth-order valence-electron chi connectivity index (χ4n) is 3.49. The number of para-hydroxylation sites is 2. The lowest BCUT2D eigenvalue weighted by molar-refractivity contribution is -0.126. The van der Waals surface area contributed by atoms with Crippen molar-refractivity contribution in [2.24, 2.45) is 17.6 Å². The summed E-state index contributed by atoms with van der Waals surface area (Å²) in [5, 5.41) is 3.04. The summed E-state index contributed by atoms with van der Waals surface area (Å²) in [5.41, 5.74) is 6.80. The normalized spacial score (nSPS) is 18.4. The highest BCUT2D eigenvalue weighted by atomic mass is 35.5. The van der Waals surface area contributed by atoms with Crippen LogP contribution in [0, 0.1) is 11.8 Å². The van der Waals surface area contributed by atoms with Crippen LogP contribution in [-0.4, -0.2) is 19.6 Å². The molecule has 0 heterocycles. The summed E-state index contributed by atoms with van der Waals surface area (Å²) in [6, 6.07) is 15.2. The molecule has 0 radical (unpaired) electrons. The molecule has 2 aromatic carbocycles. The number of hydrogen-bond acceptors (Lipinski definition) is 4. The Hall–Kier alpha value is -2.24. The third-order valence-electron chi connectivity index (χ3n) is 4.99. The van der Waals surface area contributed by atoms with Crippen LogP contribution in [0.2, 0.25) is 0 Å². The molecule has 2 atom stereocenters. The van der Waals surface area contributed by atoms with E-state index in [1.807, 2.05) is 48.5 Å². The number of nitrogens with two attached hydrogens (primary N) is 1. The van der Waals surface area contributed by atoms with E-state index in [0.717, 1.165) is 30.6 Å². The number of ether oxygens (including phenoxy) is 2. The van der Waals surface area contributed by atoms with E-state index in [4.69, 9.17) is 15.2 Å². The van der Waals surface area contributed by atoms with Crippen LogP contribution in [0.4, 0.5) is 0 Å². The maximum Gasteiger partial charge on any atom is 0.223 e. The second kappa shape index (κ2) is 10.2. The fraction of sp³-hybridized carbons (Fsp3) is 0.381. The van der Waals surface area contributed by atoms with Gasteiger partial charge < -0.3 is 20.5 Å². The molecule has 3 N–H and O–H groups in total. The molecule has 1 saturated carbocycles. The van der Waals surface area contributed by atoms with Crippen molar-refractivity contribution in [3.05, 3.63) is 54.1 Å². The predicted molar refractivity (Wildman–Crippen MR) is 108 cm³/mol. The lowest BCUT2D eigenvalue weighted by atomic mass is 9.95. The number of benzene rings is 2. The number of rotatable bonds is 7. The van der Waals surface area contributed by atoms with Crippen LogP contribution in [0.15, 0.2) is 48.5 Å². The lowest BCUT2D eigenvalue weighted by Gasteiger charge is -2.17. The van der Waals surface area contributed by atoms with Crippen molar-refractivity contribution in [3.8, 4) is 17.2 Å². The number of nitrogens with one attached hydrogen (secondary N) is 1. The highest BCUT2D eigenvalue weighted by Gasteiger charge is 2.31. The zero-order valence-corrected chi connectivity index (χ0v) is 16.3. The Balaban J connectivity index is 0.00000261. The first-order chi connectivity index (χ1) is 12.7. The minimum Gasteiger partial charge on any atom is -0.493 e. The minimum atomic E-state index is 0. The molecular formula is C21H27ClN2O3. The number of methoxy groups -OCH3 is 1. The molecule has 1 amide bonds. The number of amides is 1. The molecule has 3 rings (SSSR count). The van der Waals surface area contributed by atoms with Gasteiger partial charge in [0.2, 0.25) is 5.91 Å². The van der Waals surface area contributed by atoms with E-state index < -0.39 is 0 Å². The molecular weight excluding hydrogens is 364 g/mol. The van der Waals surface area contributed by atoms with E-state index in [-0.39, 0.29) is 24.2 Å². The van der Waals surface area contributed by atoms with Crippen molar-refractivity contribution in [2.75, 3.05) is 13.7 Å². The molecule has 0 aromatic heterocycles. The molecule has 0 aliphatic heterocycles. The van der Waals surface area contributed by atoms with Gasteiger partial charge in [-0.25, -0.2) is 0 Å². The van der Waals surface area contributed by atoms with Crippen molar-refractivity contribution >= 4 is 18.3 Å². The Morgan fingerprint density at radius 3 is 2.48 bits per heavy atom. The van der Waals surface area contributed by atoms with Crippen molar-refractivity contribution in [2.45, 2.75) is 25.8 Å². The van der Waals surface area contributed by atoms with Gasteiger partial charge >= 0.3 is 0 Å². The highest BCUT2D eigenvalue weighted by molar-refractivity contribution is 5.85. The summed E-state index contributed by atoms with van der Waals surface area (Å²) in [4.78, 5) is 12.4. The van der Waals surface area contributed by atoms with Crippen molar-refractivity contribution < 1.29 is 14.3 Å². The van der Waals surface area contributed by atoms with Gasteiger partial charge in [0.05, 0.1) is 7.11 Å². The van der Waals surface area contributed by atoms with E-state index in [1.165, 1.54) is 0 Å². The van der Waals surface area contributed by atoms with Crippen LogP contribution < -0.4 is 20.5 Å². The molecule has 0 saturated heterocycles. The quantitative estimate of drug-likeness (QED) is 0.751. The van der Waals surface area contributed by atoms with Gasteiger partial charge in [-0.15, -0.1) is 12.4 Å². The summed E-state index contributed by atoms with van der Waals surface area (Å²) < 4.78 is 11.2. The van der Waals surface area contributed by atoms with Crippen molar-refractivity contribution in [3.63, 3.8) is 0 Å². The monoisotopic (exact) mass is 390 g/mol. The van der Waals surface area contributed by atoms with Crippen LogP contribution in [0.1, 0.15) is 24.8 Å². The third-order valence-corrected chi connectivity index (χ3v) is 4.99. The topological polar surface area (TPSA) is 73.6 Å². The molecule has 0 unspecified atom stereocenters. The van der Waals surface area contributed by atoms with Crippen LogP contribution in [0.5, 0.6) is 17.2 Å². The van der Waals surface area contributed by atoms with Crippen LogP contribution in [0.3, 0.4) is 0 Å². The summed E-state index contributed by atoms with van der Waals surface area (Å²) in [7, 11) is 1.62. The number of carbonyl (C=O) groups is 1. The van der Waals surface area contributed by atoms with Gasteiger partial charge in [-0.2, -0.15) is 0 Å². The molecule has 5 nitrogen and oxygen atoms in total. The van der Waals surface area contributed by atoms with Gasteiger partial charge in [-0.3, -0.25) is 4.79 Å². The Bertz CT molecular complexity index is 736. The SMILES string of the molecule is COc1ccccc1Oc1ccc(CNC(=O)[C@@H]2CCC[C@@H]2CN)cc1.Cl. The summed E-state index contributed by atoms with van der Waals surface area (Å²) in [6.07, 6.45) is 3.10. The first-order valence-electron chi connectivity index (χ1n) is 9.09. The lowest BCUT2D eigenvalue weighted by Crippen LogP contribution is -2.34. The average molecular weight is 391 g/mol. The number of carbonyl (C=O) groups excluding carboxylic acids is 1. The van der Waals surface area contributed by atoms with E-state index in [2.05, 4.69) is 5.32 Å². The molecule has 2 aromatic rings. The second-order valence-corrected chi connectivity index (χ2v) is 6.65. The van der Waals surface area contributed by atoms with Gasteiger partial charge in [0.1, 0.15) is 5.75 Å². The van der Waals surface area contributed by atoms with Crippen molar-refractivity contribution in [1.82, 2.24) is 5.32 Å². The van der Waals surface area contributed by atoms with Crippen LogP contribution in [-0.2, 0) is 11.3 Å². The van der Waals surface area contributed by atoms with Gasteiger partial charge in [-0.1, -0.05) is 30.7 Å². The maximum absolute atomic E-state index is 12.4. The number of hydrogen-bond donors (Lipinski definition) is 2. The number of halogens is 1. The first-order valence-corrected chi connectivity index (χ1v) is 9.09. The van der Waals surface area contributed by atoms with E-state index >= 15 is 0 Å². The highest BCUT2D eigenvalue weighted by Crippen LogP contribution is 2.32. The van der Waals surface area contributed by atoms with Crippen LogP contribution >= 0.6 is 12.4 Å². The van der Waals surface area contributed by atoms with Crippen LogP contribution in [0.25, 0.3) is 0 Å². The predicted octanol–water partition coefficient (Wildman–Crippen LogP) is 3.90.